The Hall–Kier alpha value is -2.06. The zero-order chi connectivity index (χ0) is 19.9. The number of benzene rings is 1. The van der Waals surface area contributed by atoms with Gasteiger partial charge in [-0.15, -0.1) is 22.7 Å². The topological polar surface area (TPSA) is 48.5 Å². The van der Waals surface area contributed by atoms with E-state index in [2.05, 4.69) is 50.4 Å². The first kappa shape index (κ1) is 20.2. The molecule has 0 unspecified atom stereocenters. The van der Waals surface area contributed by atoms with Crippen molar-refractivity contribution in [1.82, 2.24) is 20.1 Å². The molecule has 152 valence electrons. The van der Waals surface area contributed by atoms with Gasteiger partial charge in [0.1, 0.15) is 9.88 Å². The quantitative estimate of drug-likeness (QED) is 0.557. The van der Waals surface area contributed by atoms with E-state index in [4.69, 9.17) is 0 Å². The molecule has 0 spiro atoms. The Morgan fingerprint density at radius 3 is 2.59 bits per heavy atom. The van der Waals surface area contributed by atoms with Crippen LogP contribution in [0.1, 0.15) is 21.7 Å². The molecular weight excluding hydrogens is 400 g/mol. The van der Waals surface area contributed by atoms with E-state index < -0.39 is 0 Å². The molecule has 1 aliphatic heterocycles. The van der Waals surface area contributed by atoms with Gasteiger partial charge in [-0.05, 0) is 30.0 Å². The molecule has 0 saturated carbocycles. The average Bonchev–Trinajstić information content (AvgIpc) is 3.45. The van der Waals surface area contributed by atoms with E-state index in [1.165, 1.54) is 16.9 Å². The van der Waals surface area contributed by atoms with Gasteiger partial charge < -0.3 is 10.2 Å². The molecule has 29 heavy (non-hydrogen) atoms. The lowest BCUT2D eigenvalue weighted by Crippen LogP contribution is -2.46. The molecule has 1 aliphatic rings. The molecule has 0 atom stereocenters. The summed E-state index contributed by atoms with van der Waals surface area (Å²) in [4.78, 5) is 23.5. The third kappa shape index (κ3) is 5.73. The van der Waals surface area contributed by atoms with Gasteiger partial charge in [0.25, 0.3) is 5.91 Å². The number of piperazine rings is 1. The highest BCUT2D eigenvalue weighted by atomic mass is 32.1. The summed E-state index contributed by atoms with van der Waals surface area (Å²) >= 11 is 3.10. The van der Waals surface area contributed by atoms with Crippen molar-refractivity contribution in [3.63, 3.8) is 0 Å². The first-order valence-electron chi connectivity index (χ1n) is 10.0. The van der Waals surface area contributed by atoms with Crippen molar-refractivity contribution in [1.29, 1.82) is 0 Å². The maximum Gasteiger partial charge on any atom is 0.263 e. The summed E-state index contributed by atoms with van der Waals surface area (Å²) in [5.74, 6) is -0.0158. The van der Waals surface area contributed by atoms with Gasteiger partial charge >= 0.3 is 0 Å². The molecule has 0 bridgehead atoms. The molecule has 7 heteroatoms. The summed E-state index contributed by atoms with van der Waals surface area (Å²) in [5, 5.41) is 5.98. The van der Waals surface area contributed by atoms with Gasteiger partial charge in [-0.2, -0.15) is 0 Å². The highest BCUT2D eigenvalue weighted by Gasteiger charge is 2.17. The van der Waals surface area contributed by atoms with Crippen molar-refractivity contribution in [2.45, 2.75) is 13.0 Å². The van der Waals surface area contributed by atoms with Gasteiger partial charge in [0.15, 0.2) is 0 Å². The van der Waals surface area contributed by atoms with Crippen LogP contribution in [0.2, 0.25) is 0 Å². The van der Waals surface area contributed by atoms with Crippen molar-refractivity contribution in [2.75, 3.05) is 39.3 Å². The SMILES string of the molecule is O=C(NCCCN1CCN(Cc2ccccc2)CC1)c1cnc(-c2cccs2)s1. The predicted octanol–water partition coefficient (Wildman–Crippen LogP) is 3.81. The van der Waals surface area contributed by atoms with Crippen LogP contribution >= 0.6 is 22.7 Å². The number of thiophene rings is 1. The van der Waals surface area contributed by atoms with Crippen LogP contribution in [0, 0.1) is 0 Å². The van der Waals surface area contributed by atoms with Crippen molar-refractivity contribution in [2.24, 2.45) is 0 Å². The third-order valence-corrected chi connectivity index (χ3v) is 7.15. The number of hydrogen-bond donors (Lipinski definition) is 1. The van der Waals surface area contributed by atoms with Gasteiger partial charge in [-0.1, -0.05) is 36.4 Å². The predicted molar refractivity (Wildman–Crippen MR) is 121 cm³/mol. The van der Waals surface area contributed by atoms with E-state index in [1.807, 2.05) is 17.5 Å². The fourth-order valence-electron chi connectivity index (χ4n) is 3.50. The van der Waals surface area contributed by atoms with Crippen LogP contribution < -0.4 is 5.32 Å². The molecule has 1 aromatic carbocycles. The fourth-order valence-corrected chi connectivity index (χ4v) is 5.13. The first-order valence-corrected chi connectivity index (χ1v) is 11.7. The summed E-state index contributed by atoms with van der Waals surface area (Å²) in [5.41, 5.74) is 1.38. The number of carbonyl (C=O) groups excluding carboxylic acids is 1. The van der Waals surface area contributed by atoms with E-state index in [0.29, 0.717) is 11.4 Å². The number of nitrogens with one attached hydrogen (secondary N) is 1. The standard InChI is InChI=1S/C22H26N4OS2/c27-21(20-16-24-22(29-20)19-8-4-15-28-19)23-9-5-10-25-11-13-26(14-12-25)17-18-6-2-1-3-7-18/h1-4,6-8,15-16H,5,9-14,17H2,(H,23,27). The Morgan fingerprint density at radius 2 is 1.83 bits per heavy atom. The minimum absolute atomic E-state index is 0.0158. The van der Waals surface area contributed by atoms with Crippen LogP contribution in [-0.2, 0) is 6.54 Å². The Morgan fingerprint density at radius 1 is 1.03 bits per heavy atom. The summed E-state index contributed by atoms with van der Waals surface area (Å²) in [6.07, 6.45) is 2.65. The zero-order valence-corrected chi connectivity index (χ0v) is 18.1. The van der Waals surface area contributed by atoms with Crippen molar-refractivity contribution in [3.05, 3.63) is 64.5 Å². The fraction of sp³-hybridized carbons (Fsp3) is 0.364. The normalized spacial score (nSPS) is 15.4. The zero-order valence-electron chi connectivity index (χ0n) is 16.4. The molecule has 3 heterocycles. The second-order valence-electron chi connectivity index (χ2n) is 7.22. The molecule has 1 fully saturated rings. The number of hydrogen-bond acceptors (Lipinski definition) is 6. The van der Waals surface area contributed by atoms with Crippen LogP contribution in [0.25, 0.3) is 9.88 Å². The average molecular weight is 427 g/mol. The summed E-state index contributed by atoms with van der Waals surface area (Å²) in [6, 6.07) is 14.7. The third-order valence-electron chi connectivity index (χ3n) is 5.11. The minimum atomic E-state index is -0.0158. The van der Waals surface area contributed by atoms with E-state index in [0.717, 1.165) is 55.6 Å². The second kappa shape index (κ2) is 10.1. The van der Waals surface area contributed by atoms with Crippen LogP contribution in [0.4, 0.5) is 0 Å². The van der Waals surface area contributed by atoms with E-state index in [-0.39, 0.29) is 5.91 Å². The summed E-state index contributed by atoms with van der Waals surface area (Å²) in [7, 11) is 0. The molecule has 0 aliphatic carbocycles. The van der Waals surface area contributed by atoms with Gasteiger partial charge in [0.2, 0.25) is 0 Å². The lowest BCUT2D eigenvalue weighted by Gasteiger charge is -2.34. The Balaban J connectivity index is 1.13. The number of carbonyl (C=O) groups is 1. The molecule has 2 aromatic heterocycles. The number of amides is 1. The molecule has 3 aromatic rings. The molecule has 5 nitrogen and oxygen atoms in total. The lowest BCUT2D eigenvalue weighted by atomic mass is 10.2. The van der Waals surface area contributed by atoms with E-state index in [1.54, 1.807) is 17.5 Å². The Labute approximate surface area is 180 Å². The van der Waals surface area contributed by atoms with Gasteiger partial charge in [-0.25, -0.2) is 4.98 Å². The molecule has 1 saturated heterocycles. The maximum atomic E-state index is 12.3. The Kier molecular flexibility index (Phi) is 7.05. The number of rotatable bonds is 8. The van der Waals surface area contributed by atoms with Gasteiger partial charge in [0, 0.05) is 39.3 Å². The van der Waals surface area contributed by atoms with E-state index in [9.17, 15) is 4.79 Å². The smallest absolute Gasteiger partial charge is 0.263 e. The van der Waals surface area contributed by atoms with Crippen LogP contribution in [0.3, 0.4) is 0 Å². The molecule has 1 amide bonds. The Bertz CT molecular complexity index is 887. The monoisotopic (exact) mass is 426 g/mol. The molecule has 0 radical (unpaired) electrons. The van der Waals surface area contributed by atoms with Crippen LogP contribution in [-0.4, -0.2) is 60.0 Å². The highest BCUT2D eigenvalue weighted by molar-refractivity contribution is 7.21. The molecule has 4 rings (SSSR count). The van der Waals surface area contributed by atoms with E-state index >= 15 is 0 Å². The largest absolute Gasteiger partial charge is 0.351 e. The van der Waals surface area contributed by atoms with Crippen LogP contribution in [0.5, 0.6) is 0 Å². The summed E-state index contributed by atoms with van der Waals surface area (Å²) in [6.45, 7) is 7.17. The molecule has 1 N–H and O–H groups in total. The van der Waals surface area contributed by atoms with Crippen molar-refractivity contribution in [3.8, 4) is 9.88 Å². The number of nitrogens with zero attached hydrogens (tertiary/aromatic N) is 3. The minimum Gasteiger partial charge on any atom is -0.351 e. The van der Waals surface area contributed by atoms with Crippen LogP contribution in [0.15, 0.2) is 54.0 Å². The molecular formula is C22H26N4OS2. The second-order valence-corrected chi connectivity index (χ2v) is 9.20. The van der Waals surface area contributed by atoms with Crippen molar-refractivity contribution < 1.29 is 4.79 Å². The van der Waals surface area contributed by atoms with Gasteiger partial charge in [0.05, 0.1) is 11.1 Å². The summed E-state index contributed by atoms with van der Waals surface area (Å²) < 4.78 is 0. The highest BCUT2D eigenvalue weighted by Crippen LogP contribution is 2.28. The number of thiazole rings is 1. The first-order chi connectivity index (χ1) is 14.3. The maximum absolute atomic E-state index is 12.3. The lowest BCUT2D eigenvalue weighted by molar-refractivity contribution is 0.0951. The number of aromatic nitrogens is 1. The van der Waals surface area contributed by atoms with Gasteiger partial charge in [-0.3, -0.25) is 9.69 Å². The van der Waals surface area contributed by atoms with Crippen molar-refractivity contribution >= 4 is 28.6 Å².